The lowest BCUT2D eigenvalue weighted by Gasteiger charge is -2.29. The SMILES string of the molecule is FN(F)c1cc(S)ccc1NC(CCN1CCOCC1)CSc1ccccc1. The fourth-order valence-corrected chi connectivity index (χ4v) is 4.27. The zero-order valence-corrected chi connectivity index (χ0v) is 17.3. The van der Waals surface area contributed by atoms with Crippen LogP contribution in [-0.2, 0) is 4.74 Å². The fourth-order valence-electron chi connectivity index (χ4n) is 3.08. The number of hydrogen-bond acceptors (Lipinski definition) is 6. The first kappa shape index (κ1) is 21.2. The molecule has 8 heteroatoms. The van der Waals surface area contributed by atoms with E-state index in [1.54, 1.807) is 23.9 Å². The molecule has 1 fully saturated rings. The quantitative estimate of drug-likeness (QED) is 0.341. The average Bonchev–Trinajstić information content (AvgIpc) is 2.72. The summed E-state index contributed by atoms with van der Waals surface area (Å²) >= 11 is 5.91. The van der Waals surface area contributed by atoms with Crippen molar-refractivity contribution >= 4 is 35.8 Å². The molecule has 28 heavy (non-hydrogen) atoms. The van der Waals surface area contributed by atoms with Gasteiger partial charge in [0.2, 0.25) is 0 Å². The fraction of sp³-hybridized carbons (Fsp3) is 0.400. The Kier molecular flexibility index (Phi) is 8.27. The van der Waals surface area contributed by atoms with Crippen molar-refractivity contribution in [1.29, 1.82) is 0 Å². The van der Waals surface area contributed by atoms with E-state index in [1.165, 1.54) is 11.0 Å². The Balaban J connectivity index is 1.67. The first-order valence-electron chi connectivity index (χ1n) is 9.31. The Morgan fingerprint density at radius 2 is 1.89 bits per heavy atom. The summed E-state index contributed by atoms with van der Waals surface area (Å²) in [6.45, 7) is 4.25. The Morgan fingerprint density at radius 3 is 2.61 bits per heavy atom. The highest BCUT2D eigenvalue weighted by Gasteiger charge is 2.18. The number of nitrogens with one attached hydrogen (secondary N) is 1. The molecular weight excluding hydrogens is 400 g/mol. The normalized spacial score (nSPS) is 16.0. The molecule has 2 aromatic carbocycles. The number of morpholine rings is 1. The second kappa shape index (κ2) is 10.9. The predicted molar refractivity (Wildman–Crippen MR) is 115 cm³/mol. The molecule has 0 spiro atoms. The van der Waals surface area contributed by atoms with Gasteiger partial charge in [0, 0.05) is 41.2 Å². The van der Waals surface area contributed by atoms with Crippen molar-refractivity contribution in [2.45, 2.75) is 22.3 Å². The van der Waals surface area contributed by atoms with Crippen molar-refractivity contribution in [1.82, 2.24) is 4.90 Å². The molecule has 2 aromatic rings. The van der Waals surface area contributed by atoms with E-state index in [2.05, 4.69) is 35.0 Å². The maximum atomic E-state index is 13.3. The summed E-state index contributed by atoms with van der Waals surface area (Å²) in [5, 5.41) is 2.48. The van der Waals surface area contributed by atoms with Crippen molar-refractivity contribution < 1.29 is 13.7 Å². The molecular formula is C20H25F2N3OS2. The summed E-state index contributed by atoms with van der Waals surface area (Å²) in [7, 11) is 0. The van der Waals surface area contributed by atoms with Gasteiger partial charge in [-0.1, -0.05) is 27.2 Å². The third kappa shape index (κ3) is 6.55. The molecule has 1 unspecified atom stereocenters. The molecule has 4 nitrogen and oxygen atoms in total. The van der Waals surface area contributed by atoms with Crippen molar-refractivity contribution in [2.24, 2.45) is 0 Å². The van der Waals surface area contributed by atoms with E-state index in [0.717, 1.165) is 45.0 Å². The predicted octanol–water partition coefficient (Wildman–Crippen LogP) is 4.85. The largest absolute Gasteiger partial charge is 0.380 e. The number of nitrogens with zero attached hydrogens (tertiary/aromatic N) is 2. The number of ether oxygens (including phenoxy) is 1. The van der Waals surface area contributed by atoms with Crippen LogP contribution in [0.4, 0.5) is 20.3 Å². The molecule has 1 N–H and O–H groups in total. The van der Waals surface area contributed by atoms with Crippen LogP contribution in [0.25, 0.3) is 0 Å². The maximum Gasteiger partial charge on any atom is 0.129 e. The van der Waals surface area contributed by atoms with Crippen LogP contribution in [0.2, 0.25) is 0 Å². The van der Waals surface area contributed by atoms with Gasteiger partial charge in [0.1, 0.15) is 5.69 Å². The third-order valence-corrected chi connectivity index (χ3v) is 6.07. The number of benzene rings is 2. The van der Waals surface area contributed by atoms with Gasteiger partial charge in [-0.3, -0.25) is 4.90 Å². The van der Waals surface area contributed by atoms with Crippen LogP contribution in [0, 0.1) is 0 Å². The Morgan fingerprint density at radius 1 is 1.14 bits per heavy atom. The molecule has 0 aromatic heterocycles. The molecule has 152 valence electrons. The molecule has 0 bridgehead atoms. The van der Waals surface area contributed by atoms with Gasteiger partial charge in [0.15, 0.2) is 0 Å². The number of hydrogen-bond donors (Lipinski definition) is 2. The standard InChI is InChI=1S/C20H25F2N3OS2/c21-25(22)20-14-17(27)6-7-19(20)23-16(8-9-24-10-12-26-13-11-24)15-28-18-4-2-1-3-5-18/h1-7,14,16,23,27H,8-13,15H2. The minimum absolute atomic E-state index is 0.0533. The van der Waals surface area contributed by atoms with Gasteiger partial charge in [-0.15, -0.1) is 24.4 Å². The summed E-state index contributed by atoms with van der Waals surface area (Å²) in [5.74, 6) is 0.787. The van der Waals surface area contributed by atoms with E-state index in [4.69, 9.17) is 4.74 Å². The molecule has 1 aliphatic rings. The number of thiol groups is 1. The highest BCUT2D eigenvalue weighted by Crippen LogP contribution is 2.31. The van der Waals surface area contributed by atoms with Gasteiger partial charge in [-0.25, -0.2) is 0 Å². The van der Waals surface area contributed by atoms with E-state index in [-0.39, 0.29) is 11.7 Å². The molecule has 0 saturated carbocycles. The lowest BCUT2D eigenvalue weighted by atomic mass is 10.2. The van der Waals surface area contributed by atoms with E-state index >= 15 is 0 Å². The third-order valence-electron chi connectivity index (χ3n) is 4.61. The Hall–Kier alpha value is -1.48. The molecule has 0 aliphatic carbocycles. The first-order valence-corrected chi connectivity index (χ1v) is 10.7. The molecule has 0 radical (unpaired) electrons. The minimum atomic E-state index is -0.856. The van der Waals surface area contributed by atoms with Crippen molar-refractivity contribution in [3.63, 3.8) is 0 Å². The summed E-state index contributed by atoms with van der Waals surface area (Å²) in [4.78, 5) is 4.04. The summed E-state index contributed by atoms with van der Waals surface area (Å²) in [6, 6.07) is 14.9. The van der Waals surface area contributed by atoms with Crippen LogP contribution in [0.5, 0.6) is 0 Å². The zero-order chi connectivity index (χ0) is 19.8. The number of thioether (sulfide) groups is 1. The summed E-state index contributed by atoms with van der Waals surface area (Å²) in [5.41, 5.74) is 0.261. The van der Waals surface area contributed by atoms with Crippen LogP contribution in [0.15, 0.2) is 58.3 Å². The first-order chi connectivity index (χ1) is 13.6. The highest BCUT2D eigenvalue weighted by atomic mass is 32.2. The highest BCUT2D eigenvalue weighted by molar-refractivity contribution is 7.99. The van der Waals surface area contributed by atoms with Crippen LogP contribution < -0.4 is 10.7 Å². The van der Waals surface area contributed by atoms with E-state index < -0.39 is 5.34 Å². The molecule has 1 atom stereocenters. The van der Waals surface area contributed by atoms with Gasteiger partial charge in [-0.2, -0.15) is 0 Å². The maximum absolute atomic E-state index is 13.3. The van der Waals surface area contributed by atoms with Crippen LogP contribution >= 0.6 is 24.4 Å². The monoisotopic (exact) mass is 425 g/mol. The van der Waals surface area contributed by atoms with Crippen molar-refractivity contribution in [2.75, 3.05) is 49.3 Å². The summed E-state index contributed by atoms with van der Waals surface area (Å²) in [6.07, 6.45) is 0.862. The smallest absolute Gasteiger partial charge is 0.129 e. The van der Waals surface area contributed by atoms with Gasteiger partial charge in [0.05, 0.1) is 18.9 Å². The number of halogens is 2. The minimum Gasteiger partial charge on any atom is -0.380 e. The number of rotatable bonds is 9. The average molecular weight is 426 g/mol. The molecule has 0 amide bonds. The number of anilines is 2. The molecule has 1 aliphatic heterocycles. The van der Waals surface area contributed by atoms with E-state index in [9.17, 15) is 8.96 Å². The molecule has 3 rings (SSSR count). The van der Waals surface area contributed by atoms with E-state index in [1.807, 2.05) is 18.2 Å². The second-order valence-electron chi connectivity index (χ2n) is 6.64. The lowest BCUT2D eigenvalue weighted by Crippen LogP contribution is -2.39. The van der Waals surface area contributed by atoms with Crippen LogP contribution in [0.1, 0.15) is 6.42 Å². The Bertz CT molecular complexity index is 731. The van der Waals surface area contributed by atoms with Gasteiger partial charge in [-0.05, 0) is 42.1 Å². The topological polar surface area (TPSA) is 27.7 Å². The van der Waals surface area contributed by atoms with Crippen molar-refractivity contribution in [3.8, 4) is 0 Å². The van der Waals surface area contributed by atoms with Crippen LogP contribution in [0.3, 0.4) is 0 Å². The lowest BCUT2D eigenvalue weighted by molar-refractivity contribution is 0.0370. The second-order valence-corrected chi connectivity index (χ2v) is 8.25. The summed E-state index contributed by atoms with van der Waals surface area (Å²) < 4.78 is 32.0. The molecule has 1 saturated heterocycles. The van der Waals surface area contributed by atoms with Gasteiger partial charge in [0.25, 0.3) is 0 Å². The Labute approximate surface area is 174 Å². The van der Waals surface area contributed by atoms with E-state index in [0.29, 0.717) is 10.6 Å². The zero-order valence-electron chi connectivity index (χ0n) is 15.6. The van der Waals surface area contributed by atoms with Crippen LogP contribution in [-0.4, -0.2) is 49.5 Å². The van der Waals surface area contributed by atoms with Gasteiger partial charge < -0.3 is 10.1 Å². The van der Waals surface area contributed by atoms with Crippen molar-refractivity contribution in [3.05, 3.63) is 48.5 Å². The molecule has 1 heterocycles. The van der Waals surface area contributed by atoms with Gasteiger partial charge >= 0.3 is 0 Å².